The van der Waals surface area contributed by atoms with Gasteiger partial charge in [-0.05, 0) is 30.2 Å². The van der Waals surface area contributed by atoms with Crippen LogP contribution < -0.4 is 4.72 Å². The third-order valence-corrected chi connectivity index (χ3v) is 4.47. The van der Waals surface area contributed by atoms with Gasteiger partial charge in [0.1, 0.15) is 10.6 Å². The molecule has 0 aliphatic carbocycles. The first-order valence-corrected chi connectivity index (χ1v) is 7.58. The monoisotopic (exact) mass is 309 g/mol. The number of carboxylic acids is 1. The zero-order valence-corrected chi connectivity index (χ0v) is 12.4. The minimum Gasteiger partial charge on any atom is -0.477 e. The number of nitrogens with one attached hydrogen (secondary N) is 1. The highest BCUT2D eigenvalue weighted by atomic mass is 32.2. The third kappa shape index (κ3) is 3.29. The molecule has 0 saturated heterocycles. The van der Waals surface area contributed by atoms with Crippen LogP contribution in [0.15, 0.2) is 35.6 Å². The maximum atomic E-state index is 12.2. The van der Waals surface area contributed by atoms with E-state index in [0.717, 1.165) is 17.2 Å². The number of carbonyl (C=O) groups is 1. The molecule has 0 unspecified atom stereocenters. The topological polar surface area (TPSA) is 101 Å². The van der Waals surface area contributed by atoms with Crippen LogP contribution in [0, 0.1) is 6.92 Å². The summed E-state index contributed by atoms with van der Waals surface area (Å²) in [5, 5.41) is 8.95. The fourth-order valence-electron chi connectivity index (χ4n) is 1.85. The lowest BCUT2D eigenvalue weighted by Crippen LogP contribution is -2.23. The van der Waals surface area contributed by atoms with E-state index in [1.165, 1.54) is 17.8 Å². The van der Waals surface area contributed by atoms with Gasteiger partial charge in [0.25, 0.3) is 0 Å². The highest BCUT2D eigenvalue weighted by molar-refractivity contribution is 7.89. The van der Waals surface area contributed by atoms with Crippen molar-refractivity contribution in [3.05, 3.63) is 47.5 Å². The summed E-state index contributed by atoms with van der Waals surface area (Å²) in [4.78, 5) is 14.8. The van der Waals surface area contributed by atoms with Crippen LogP contribution in [-0.2, 0) is 23.6 Å². The van der Waals surface area contributed by atoms with Crippen LogP contribution in [0.2, 0.25) is 0 Å². The lowest BCUT2D eigenvalue weighted by molar-refractivity contribution is 0.0686. The molecule has 0 fully saturated rings. The number of aromatic carboxylic acids is 1. The lowest BCUT2D eigenvalue weighted by atomic mass is 10.2. The van der Waals surface area contributed by atoms with Crippen molar-refractivity contribution >= 4 is 16.0 Å². The second-order valence-corrected chi connectivity index (χ2v) is 6.37. The second-order valence-electron chi connectivity index (χ2n) is 4.60. The van der Waals surface area contributed by atoms with E-state index in [2.05, 4.69) is 9.71 Å². The van der Waals surface area contributed by atoms with E-state index in [0.29, 0.717) is 0 Å². The minimum absolute atomic E-state index is 0.0749. The molecule has 0 amide bonds. The SMILES string of the molecule is Cc1cnccc1CNS(=O)(=O)c1cc(C(=O)O)n(C)c1. The van der Waals surface area contributed by atoms with Crippen LogP contribution >= 0.6 is 0 Å². The first-order valence-electron chi connectivity index (χ1n) is 6.10. The van der Waals surface area contributed by atoms with Gasteiger partial charge in [0.05, 0.1) is 0 Å². The molecule has 0 bridgehead atoms. The van der Waals surface area contributed by atoms with Gasteiger partial charge in [-0.25, -0.2) is 17.9 Å². The second kappa shape index (κ2) is 5.66. The summed E-state index contributed by atoms with van der Waals surface area (Å²) in [7, 11) is -2.28. The zero-order chi connectivity index (χ0) is 15.6. The summed E-state index contributed by atoms with van der Waals surface area (Å²) in [6, 6.07) is 2.86. The van der Waals surface area contributed by atoms with E-state index in [9.17, 15) is 13.2 Å². The van der Waals surface area contributed by atoms with Gasteiger partial charge in [-0.15, -0.1) is 0 Å². The largest absolute Gasteiger partial charge is 0.477 e. The Bertz CT molecular complexity index is 780. The Labute approximate surface area is 122 Å². The number of aromatic nitrogens is 2. The average Bonchev–Trinajstić information content (AvgIpc) is 2.81. The van der Waals surface area contributed by atoms with Crippen molar-refractivity contribution in [3.8, 4) is 0 Å². The maximum absolute atomic E-state index is 12.2. The van der Waals surface area contributed by atoms with E-state index in [1.54, 1.807) is 18.5 Å². The highest BCUT2D eigenvalue weighted by Crippen LogP contribution is 2.14. The standard InChI is InChI=1S/C13H15N3O4S/c1-9-6-14-4-3-10(9)7-15-21(19,20)11-5-12(13(17)18)16(2)8-11/h3-6,8,15H,7H2,1-2H3,(H,17,18). The maximum Gasteiger partial charge on any atom is 0.352 e. The molecule has 2 rings (SSSR count). The molecule has 2 N–H and O–H groups in total. The third-order valence-electron chi connectivity index (χ3n) is 3.10. The zero-order valence-electron chi connectivity index (χ0n) is 11.6. The van der Waals surface area contributed by atoms with Gasteiger partial charge in [-0.3, -0.25) is 4.98 Å². The number of hydrogen-bond donors (Lipinski definition) is 2. The molecule has 0 atom stereocenters. The van der Waals surface area contributed by atoms with E-state index < -0.39 is 16.0 Å². The van der Waals surface area contributed by atoms with Crippen LogP contribution in [0.3, 0.4) is 0 Å². The van der Waals surface area contributed by atoms with Crippen LogP contribution in [-0.4, -0.2) is 29.0 Å². The molecule has 112 valence electrons. The molecule has 2 heterocycles. The van der Waals surface area contributed by atoms with E-state index in [-0.39, 0.29) is 17.1 Å². The molecule has 7 nitrogen and oxygen atoms in total. The van der Waals surface area contributed by atoms with Crippen molar-refractivity contribution in [2.24, 2.45) is 7.05 Å². The van der Waals surface area contributed by atoms with Gasteiger partial charge in [0.2, 0.25) is 10.0 Å². The van der Waals surface area contributed by atoms with Crippen molar-refractivity contribution in [1.82, 2.24) is 14.3 Å². The number of sulfonamides is 1. The summed E-state index contributed by atoms with van der Waals surface area (Å²) in [5.41, 5.74) is 1.60. The minimum atomic E-state index is -3.76. The fourth-order valence-corrected chi connectivity index (χ4v) is 2.93. The van der Waals surface area contributed by atoms with Crippen molar-refractivity contribution in [1.29, 1.82) is 0 Å². The van der Waals surface area contributed by atoms with Gasteiger partial charge < -0.3 is 9.67 Å². The van der Waals surface area contributed by atoms with Crippen molar-refractivity contribution in [2.75, 3.05) is 0 Å². The Balaban J connectivity index is 2.21. The molecule has 0 radical (unpaired) electrons. The lowest BCUT2D eigenvalue weighted by Gasteiger charge is -2.07. The molecule has 2 aromatic rings. The van der Waals surface area contributed by atoms with Crippen LogP contribution in [0.5, 0.6) is 0 Å². The Morgan fingerprint density at radius 1 is 1.48 bits per heavy atom. The van der Waals surface area contributed by atoms with Crippen molar-refractivity contribution in [3.63, 3.8) is 0 Å². The first-order chi connectivity index (χ1) is 9.81. The van der Waals surface area contributed by atoms with Gasteiger partial charge in [-0.1, -0.05) is 0 Å². The van der Waals surface area contributed by atoms with Crippen molar-refractivity contribution < 1.29 is 18.3 Å². The number of pyridine rings is 1. The Hall–Kier alpha value is -2.19. The predicted octanol–water partition coefficient (Wildman–Crippen LogP) is 0.905. The number of nitrogens with zero attached hydrogens (tertiary/aromatic N) is 2. The number of rotatable bonds is 5. The van der Waals surface area contributed by atoms with Gasteiger partial charge in [0.15, 0.2) is 0 Å². The molecule has 0 aliphatic heterocycles. The molecule has 0 aliphatic rings. The van der Waals surface area contributed by atoms with Gasteiger partial charge >= 0.3 is 5.97 Å². The summed E-state index contributed by atoms with van der Waals surface area (Å²) in [6.07, 6.45) is 4.50. The molecule has 0 aromatic carbocycles. The van der Waals surface area contributed by atoms with Crippen LogP contribution in [0.25, 0.3) is 0 Å². The Kier molecular flexibility index (Phi) is 4.10. The summed E-state index contributed by atoms with van der Waals surface area (Å²) in [5.74, 6) is -1.18. The van der Waals surface area contributed by atoms with Gasteiger partial charge in [0, 0.05) is 32.2 Å². The Morgan fingerprint density at radius 3 is 2.76 bits per heavy atom. The number of hydrogen-bond acceptors (Lipinski definition) is 4. The average molecular weight is 309 g/mol. The Morgan fingerprint density at radius 2 is 2.19 bits per heavy atom. The molecule has 8 heteroatoms. The predicted molar refractivity (Wildman–Crippen MR) is 75.4 cm³/mol. The molecule has 0 spiro atoms. The number of aryl methyl sites for hydroxylation is 2. The molecule has 2 aromatic heterocycles. The summed E-state index contributed by atoms with van der Waals surface area (Å²) >= 11 is 0. The van der Waals surface area contributed by atoms with Crippen molar-refractivity contribution in [2.45, 2.75) is 18.4 Å². The quantitative estimate of drug-likeness (QED) is 0.854. The summed E-state index contributed by atoms with van der Waals surface area (Å²) in [6.45, 7) is 1.95. The fraction of sp³-hybridized carbons (Fsp3) is 0.231. The van der Waals surface area contributed by atoms with Gasteiger partial charge in [-0.2, -0.15) is 0 Å². The van der Waals surface area contributed by atoms with E-state index in [1.807, 2.05) is 6.92 Å². The van der Waals surface area contributed by atoms with E-state index in [4.69, 9.17) is 5.11 Å². The van der Waals surface area contributed by atoms with Crippen LogP contribution in [0.4, 0.5) is 0 Å². The number of carboxylic acid groups (broad SMARTS) is 1. The molecular formula is C13H15N3O4S. The molecular weight excluding hydrogens is 294 g/mol. The smallest absolute Gasteiger partial charge is 0.352 e. The normalized spacial score (nSPS) is 11.5. The molecule has 21 heavy (non-hydrogen) atoms. The molecule has 0 saturated carbocycles. The first kappa shape index (κ1) is 15.2. The van der Waals surface area contributed by atoms with E-state index >= 15 is 0 Å². The highest BCUT2D eigenvalue weighted by Gasteiger charge is 2.20. The van der Waals surface area contributed by atoms with Crippen LogP contribution in [0.1, 0.15) is 21.6 Å². The summed E-state index contributed by atoms with van der Waals surface area (Å²) < 4.78 is 28.1.